The Kier molecular flexibility index (Phi) is 6.68. The molecule has 8 heteroatoms. The van der Waals surface area contributed by atoms with Crippen LogP contribution in [0.15, 0.2) is 29.6 Å². The topological polar surface area (TPSA) is 68.5 Å². The van der Waals surface area contributed by atoms with Crippen LogP contribution in [-0.4, -0.2) is 42.0 Å². The number of morpholine rings is 1. The molecule has 1 atom stereocenters. The van der Waals surface area contributed by atoms with Crippen LogP contribution in [0.25, 0.3) is 0 Å². The van der Waals surface area contributed by atoms with Crippen molar-refractivity contribution in [1.82, 2.24) is 9.88 Å². The highest BCUT2D eigenvalue weighted by Gasteiger charge is 2.27. The van der Waals surface area contributed by atoms with Gasteiger partial charge in [-0.1, -0.05) is 12.1 Å². The lowest BCUT2D eigenvalue weighted by Crippen LogP contribution is -2.42. The molecule has 1 aromatic heterocycles. The van der Waals surface area contributed by atoms with E-state index >= 15 is 0 Å². The van der Waals surface area contributed by atoms with Gasteiger partial charge in [-0.3, -0.25) is 4.79 Å². The molecule has 24 heavy (non-hydrogen) atoms. The lowest BCUT2D eigenvalue weighted by Gasteiger charge is -2.32. The van der Waals surface area contributed by atoms with Crippen LogP contribution in [0.1, 0.15) is 27.2 Å². The molecule has 2 N–H and O–H groups in total. The molecule has 1 unspecified atom stereocenters. The van der Waals surface area contributed by atoms with Crippen LogP contribution in [-0.2, 0) is 11.2 Å². The Morgan fingerprint density at radius 1 is 1.50 bits per heavy atom. The van der Waals surface area contributed by atoms with Crippen molar-refractivity contribution in [3.05, 3.63) is 51.7 Å². The highest BCUT2D eigenvalue weighted by atomic mass is 35.5. The van der Waals surface area contributed by atoms with E-state index < -0.39 is 0 Å². The summed E-state index contributed by atoms with van der Waals surface area (Å²) in [4.78, 5) is 18.6. The highest BCUT2D eigenvalue weighted by molar-refractivity contribution is 7.09. The predicted molar refractivity (Wildman–Crippen MR) is 93.1 cm³/mol. The second kappa shape index (κ2) is 8.53. The monoisotopic (exact) mass is 371 g/mol. The summed E-state index contributed by atoms with van der Waals surface area (Å²) in [6.07, 6.45) is 0.359. The van der Waals surface area contributed by atoms with E-state index in [9.17, 15) is 9.18 Å². The summed E-state index contributed by atoms with van der Waals surface area (Å²) in [5.41, 5.74) is 6.69. The fraction of sp³-hybridized carbons (Fsp3) is 0.375. The van der Waals surface area contributed by atoms with E-state index in [2.05, 4.69) is 4.98 Å². The maximum Gasteiger partial charge on any atom is 0.273 e. The molecule has 5 nitrogen and oxygen atoms in total. The van der Waals surface area contributed by atoms with Crippen molar-refractivity contribution >= 4 is 29.7 Å². The molecule has 1 aliphatic rings. The molecule has 0 saturated carbocycles. The molecule has 1 saturated heterocycles. The Hall–Kier alpha value is -1.54. The van der Waals surface area contributed by atoms with Crippen molar-refractivity contribution in [1.29, 1.82) is 0 Å². The number of nitrogens with zero attached hydrogens (tertiary/aromatic N) is 2. The lowest BCUT2D eigenvalue weighted by molar-refractivity contribution is -0.0231. The molecule has 0 spiro atoms. The van der Waals surface area contributed by atoms with Gasteiger partial charge < -0.3 is 15.4 Å². The summed E-state index contributed by atoms with van der Waals surface area (Å²) in [6, 6.07) is 6.29. The van der Waals surface area contributed by atoms with Gasteiger partial charge in [0.25, 0.3) is 5.91 Å². The number of carbonyl (C=O) groups excluding carboxylic acids is 1. The minimum Gasteiger partial charge on any atom is -0.370 e. The van der Waals surface area contributed by atoms with Crippen LogP contribution in [0, 0.1) is 5.82 Å². The third-order valence-corrected chi connectivity index (χ3v) is 4.61. The minimum atomic E-state index is -0.314. The first-order valence-corrected chi connectivity index (χ1v) is 8.36. The Labute approximate surface area is 150 Å². The first kappa shape index (κ1) is 18.8. The van der Waals surface area contributed by atoms with E-state index in [0.717, 1.165) is 10.6 Å². The van der Waals surface area contributed by atoms with E-state index in [0.29, 0.717) is 38.4 Å². The van der Waals surface area contributed by atoms with Crippen molar-refractivity contribution in [3.63, 3.8) is 0 Å². The third kappa shape index (κ3) is 4.30. The standard InChI is InChI=1S/C16H18FN3O2S.ClH/c17-12-3-1-2-11(8-12)14-9-20(6-7-22-14)16(21)13-10-23-15(19-13)4-5-18;/h1-3,8,10,14H,4-7,9,18H2;1H. The maximum absolute atomic E-state index is 13.4. The second-order valence-electron chi connectivity index (χ2n) is 5.33. The Morgan fingerprint density at radius 3 is 3.08 bits per heavy atom. The van der Waals surface area contributed by atoms with E-state index in [1.54, 1.807) is 16.3 Å². The maximum atomic E-state index is 13.4. The molecule has 0 aliphatic carbocycles. The van der Waals surface area contributed by atoms with Gasteiger partial charge in [-0.2, -0.15) is 0 Å². The van der Waals surface area contributed by atoms with Crippen LogP contribution >= 0.6 is 23.7 Å². The molecule has 130 valence electrons. The number of hydrogen-bond donors (Lipinski definition) is 1. The molecule has 1 fully saturated rings. The van der Waals surface area contributed by atoms with Gasteiger partial charge in [-0.15, -0.1) is 23.7 Å². The molecule has 1 aliphatic heterocycles. The van der Waals surface area contributed by atoms with E-state index in [4.69, 9.17) is 10.5 Å². The van der Waals surface area contributed by atoms with Gasteiger partial charge in [0, 0.05) is 18.3 Å². The molecule has 0 radical (unpaired) electrons. The summed E-state index contributed by atoms with van der Waals surface area (Å²) in [5.74, 6) is -0.422. The number of amides is 1. The molecule has 3 rings (SSSR count). The SMILES string of the molecule is Cl.NCCc1nc(C(=O)N2CCOC(c3cccc(F)c3)C2)cs1. The zero-order valence-corrected chi connectivity index (χ0v) is 14.6. The highest BCUT2D eigenvalue weighted by Crippen LogP contribution is 2.24. The molecule has 1 aromatic carbocycles. The predicted octanol–water partition coefficient (Wildman–Crippen LogP) is 2.42. The van der Waals surface area contributed by atoms with Gasteiger partial charge in [0.15, 0.2) is 0 Å². The van der Waals surface area contributed by atoms with Crippen LogP contribution in [0.2, 0.25) is 0 Å². The van der Waals surface area contributed by atoms with Crippen molar-refractivity contribution in [2.75, 3.05) is 26.2 Å². The van der Waals surface area contributed by atoms with Crippen LogP contribution in [0.3, 0.4) is 0 Å². The zero-order valence-electron chi connectivity index (χ0n) is 13.0. The molecule has 0 bridgehead atoms. The van der Waals surface area contributed by atoms with Crippen molar-refractivity contribution < 1.29 is 13.9 Å². The first-order valence-electron chi connectivity index (χ1n) is 7.48. The molecule has 2 heterocycles. The summed E-state index contributed by atoms with van der Waals surface area (Å²) >= 11 is 1.45. The van der Waals surface area contributed by atoms with Crippen LogP contribution in [0.4, 0.5) is 4.39 Å². The summed E-state index contributed by atoms with van der Waals surface area (Å²) in [5, 5.41) is 2.63. The fourth-order valence-electron chi connectivity index (χ4n) is 2.55. The summed E-state index contributed by atoms with van der Waals surface area (Å²) in [6.45, 7) is 1.84. The zero-order chi connectivity index (χ0) is 16.2. The molecular formula is C16H19ClFN3O2S. The van der Waals surface area contributed by atoms with Gasteiger partial charge in [-0.05, 0) is 24.2 Å². The van der Waals surface area contributed by atoms with E-state index in [1.807, 2.05) is 6.07 Å². The number of aromatic nitrogens is 1. The summed E-state index contributed by atoms with van der Waals surface area (Å²) < 4.78 is 19.0. The average Bonchev–Trinajstić information content (AvgIpc) is 3.03. The van der Waals surface area contributed by atoms with E-state index in [1.165, 1.54) is 23.5 Å². The normalized spacial score (nSPS) is 17.4. The quantitative estimate of drug-likeness (QED) is 0.896. The number of rotatable bonds is 4. The van der Waals surface area contributed by atoms with E-state index in [-0.39, 0.29) is 30.2 Å². The Balaban J connectivity index is 0.00000208. The molecule has 2 aromatic rings. The van der Waals surface area contributed by atoms with Crippen molar-refractivity contribution in [3.8, 4) is 0 Å². The van der Waals surface area contributed by atoms with Gasteiger partial charge in [0.2, 0.25) is 0 Å². The number of halogens is 2. The largest absolute Gasteiger partial charge is 0.370 e. The van der Waals surface area contributed by atoms with Crippen molar-refractivity contribution in [2.45, 2.75) is 12.5 Å². The molecule has 1 amide bonds. The second-order valence-corrected chi connectivity index (χ2v) is 6.27. The van der Waals surface area contributed by atoms with Crippen LogP contribution < -0.4 is 5.73 Å². The van der Waals surface area contributed by atoms with Gasteiger partial charge >= 0.3 is 0 Å². The number of benzene rings is 1. The number of thiazole rings is 1. The third-order valence-electron chi connectivity index (χ3n) is 3.70. The smallest absolute Gasteiger partial charge is 0.273 e. The summed E-state index contributed by atoms with van der Waals surface area (Å²) in [7, 11) is 0. The lowest BCUT2D eigenvalue weighted by atomic mass is 10.1. The van der Waals surface area contributed by atoms with Gasteiger partial charge in [0.1, 0.15) is 17.6 Å². The Morgan fingerprint density at radius 2 is 2.33 bits per heavy atom. The minimum absolute atomic E-state index is 0. The average molecular weight is 372 g/mol. The number of ether oxygens (including phenoxy) is 1. The first-order chi connectivity index (χ1) is 11.2. The van der Waals surface area contributed by atoms with Crippen molar-refractivity contribution in [2.24, 2.45) is 5.73 Å². The van der Waals surface area contributed by atoms with Crippen LogP contribution in [0.5, 0.6) is 0 Å². The Bertz CT molecular complexity index is 697. The fourth-order valence-corrected chi connectivity index (χ4v) is 3.34. The number of carbonyl (C=O) groups is 1. The number of nitrogens with two attached hydrogens (primary N) is 1. The molecular weight excluding hydrogens is 353 g/mol. The van der Waals surface area contributed by atoms with Gasteiger partial charge in [-0.25, -0.2) is 9.37 Å². The number of hydrogen-bond acceptors (Lipinski definition) is 5. The van der Waals surface area contributed by atoms with Gasteiger partial charge in [0.05, 0.1) is 18.2 Å².